The van der Waals surface area contributed by atoms with Crippen LogP contribution in [0.3, 0.4) is 0 Å². The Morgan fingerprint density at radius 1 is 1.50 bits per heavy atom. The molecule has 0 amide bonds. The topological polar surface area (TPSA) is 75.7 Å². The first-order valence-electron chi connectivity index (χ1n) is 7.23. The van der Waals surface area contributed by atoms with E-state index in [1.807, 2.05) is 13.0 Å². The molecular formula is C15H26N3O2+. The Labute approximate surface area is 121 Å². The Hall–Kier alpha value is -1.46. The molecule has 0 radical (unpaired) electrons. The standard InChI is InChI=1S/C15H25N3O2/c1-3-4-5-6-7-8-9-14-17-10-11-18(14,13(2)16)12-15(19)20/h3,10-11,13H,1,4-9,12,16H2,2H3/p+1. The van der Waals surface area contributed by atoms with E-state index < -0.39 is 5.97 Å². The third-order valence-corrected chi connectivity index (χ3v) is 3.72. The number of nitrogens with two attached hydrogens (primary N) is 1. The Morgan fingerprint density at radius 2 is 2.20 bits per heavy atom. The first-order valence-corrected chi connectivity index (χ1v) is 7.23. The summed E-state index contributed by atoms with van der Waals surface area (Å²) in [6.45, 7) is 5.50. The number of carboxylic acids is 1. The number of unbranched alkanes of at least 4 members (excludes halogenated alkanes) is 4. The van der Waals surface area contributed by atoms with E-state index in [0.29, 0.717) is 0 Å². The van der Waals surface area contributed by atoms with Crippen LogP contribution in [0.1, 0.15) is 45.4 Å². The van der Waals surface area contributed by atoms with Crippen LogP contribution in [0.15, 0.2) is 30.0 Å². The second-order valence-corrected chi connectivity index (χ2v) is 5.31. The summed E-state index contributed by atoms with van der Waals surface area (Å²) in [4.78, 5) is 15.4. The van der Waals surface area contributed by atoms with E-state index in [4.69, 9.17) is 10.8 Å². The second kappa shape index (κ2) is 7.97. The fraction of sp³-hybridized carbons (Fsp3) is 0.600. The van der Waals surface area contributed by atoms with Crippen LogP contribution in [0.2, 0.25) is 0 Å². The normalized spacial score (nSPS) is 22.6. The molecule has 0 aromatic carbocycles. The van der Waals surface area contributed by atoms with Gasteiger partial charge in [0.15, 0.2) is 6.54 Å². The number of rotatable bonds is 10. The van der Waals surface area contributed by atoms with Gasteiger partial charge in [-0.05, 0) is 19.3 Å². The number of allylic oxidation sites excluding steroid dienone is 1. The lowest BCUT2D eigenvalue weighted by Gasteiger charge is -2.34. The summed E-state index contributed by atoms with van der Waals surface area (Å²) in [6, 6.07) is 0. The van der Waals surface area contributed by atoms with Crippen molar-refractivity contribution in [3.63, 3.8) is 0 Å². The number of aliphatic carboxylic acids is 1. The number of aliphatic imine (C=N–C) groups is 1. The molecule has 1 aliphatic rings. The lowest BCUT2D eigenvalue weighted by molar-refractivity contribution is -0.805. The van der Waals surface area contributed by atoms with E-state index in [1.165, 1.54) is 6.42 Å². The smallest absolute Gasteiger partial charge is 0.360 e. The fourth-order valence-electron chi connectivity index (χ4n) is 2.51. The average molecular weight is 280 g/mol. The molecule has 5 heteroatoms. The van der Waals surface area contributed by atoms with Crippen molar-refractivity contribution in [3.8, 4) is 0 Å². The molecule has 0 aromatic rings. The number of carbonyl (C=O) groups is 1. The quantitative estimate of drug-likeness (QED) is 0.367. The molecule has 1 aliphatic heterocycles. The lowest BCUT2D eigenvalue weighted by atomic mass is 10.1. The zero-order valence-corrected chi connectivity index (χ0v) is 12.3. The number of nitrogens with zero attached hydrogens (tertiary/aromatic N) is 2. The van der Waals surface area contributed by atoms with Crippen LogP contribution in [0, 0.1) is 0 Å². The molecule has 0 saturated heterocycles. The number of quaternary nitrogens is 1. The van der Waals surface area contributed by atoms with Gasteiger partial charge in [-0.3, -0.25) is 5.73 Å². The monoisotopic (exact) mass is 280 g/mol. The minimum atomic E-state index is -0.854. The third kappa shape index (κ3) is 4.28. The minimum absolute atomic E-state index is 0.0382. The van der Waals surface area contributed by atoms with Crippen LogP contribution in [-0.2, 0) is 4.79 Å². The van der Waals surface area contributed by atoms with Crippen molar-refractivity contribution in [2.45, 2.75) is 51.6 Å². The highest BCUT2D eigenvalue weighted by atomic mass is 16.4. The van der Waals surface area contributed by atoms with Crippen LogP contribution in [-0.4, -0.2) is 34.1 Å². The molecule has 0 spiro atoms. The molecule has 0 saturated carbocycles. The van der Waals surface area contributed by atoms with Gasteiger partial charge in [0, 0.05) is 13.3 Å². The summed E-state index contributed by atoms with van der Waals surface area (Å²) < 4.78 is 0.155. The van der Waals surface area contributed by atoms with Crippen molar-refractivity contribution in [1.82, 2.24) is 0 Å². The summed E-state index contributed by atoms with van der Waals surface area (Å²) in [5.74, 6) is 0.0126. The van der Waals surface area contributed by atoms with Crippen molar-refractivity contribution >= 4 is 11.8 Å². The first-order chi connectivity index (χ1) is 9.53. The summed E-state index contributed by atoms with van der Waals surface area (Å²) in [5, 5.41) is 9.11. The number of carboxylic acid groups (broad SMARTS) is 1. The van der Waals surface area contributed by atoms with E-state index in [-0.39, 0.29) is 17.2 Å². The van der Waals surface area contributed by atoms with Gasteiger partial charge in [0.05, 0.1) is 6.20 Å². The zero-order chi connectivity index (χ0) is 15.0. The van der Waals surface area contributed by atoms with Crippen molar-refractivity contribution in [1.29, 1.82) is 0 Å². The molecule has 1 rings (SSSR count). The Balaban J connectivity index is 2.51. The molecular weight excluding hydrogens is 254 g/mol. The number of hydrogen-bond acceptors (Lipinski definition) is 3. The van der Waals surface area contributed by atoms with Gasteiger partial charge >= 0.3 is 5.97 Å². The summed E-state index contributed by atoms with van der Waals surface area (Å²) >= 11 is 0. The van der Waals surface area contributed by atoms with E-state index in [2.05, 4.69) is 11.6 Å². The highest BCUT2D eigenvalue weighted by molar-refractivity contribution is 5.81. The van der Waals surface area contributed by atoms with Crippen molar-refractivity contribution in [3.05, 3.63) is 25.1 Å². The average Bonchev–Trinajstić information content (AvgIpc) is 2.77. The zero-order valence-electron chi connectivity index (χ0n) is 12.3. The van der Waals surface area contributed by atoms with Gasteiger partial charge < -0.3 is 5.11 Å². The van der Waals surface area contributed by atoms with E-state index >= 15 is 0 Å². The molecule has 112 valence electrons. The maximum absolute atomic E-state index is 11.1. The largest absolute Gasteiger partial charge is 0.477 e. The summed E-state index contributed by atoms with van der Waals surface area (Å²) in [5.41, 5.74) is 6.01. The highest BCUT2D eigenvalue weighted by Crippen LogP contribution is 2.23. The molecule has 1 heterocycles. The number of hydrogen-bond donors (Lipinski definition) is 2. The van der Waals surface area contributed by atoms with Crippen LogP contribution in [0.4, 0.5) is 0 Å². The van der Waals surface area contributed by atoms with Crippen molar-refractivity contribution in [2.24, 2.45) is 10.7 Å². The summed E-state index contributed by atoms with van der Waals surface area (Å²) in [6.07, 6.45) is 11.5. The Kier molecular flexibility index (Phi) is 6.61. The fourth-order valence-corrected chi connectivity index (χ4v) is 2.51. The van der Waals surface area contributed by atoms with E-state index in [9.17, 15) is 4.79 Å². The first kappa shape index (κ1) is 16.6. The van der Waals surface area contributed by atoms with Gasteiger partial charge in [-0.25, -0.2) is 14.3 Å². The predicted octanol–water partition coefficient (Wildman–Crippen LogP) is 2.60. The van der Waals surface area contributed by atoms with Crippen LogP contribution in [0.5, 0.6) is 0 Å². The molecule has 0 bridgehead atoms. The lowest BCUT2D eigenvalue weighted by Crippen LogP contribution is -2.59. The molecule has 0 aliphatic carbocycles. The molecule has 0 aromatic heterocycles. The van der Waals surface area contributed by atoms with Crippen molar-refractivity contribution < 1.29 is 14.4 Å². The Morgan fingerprint density at radius 3 is 2.80 bits per heavy atom. The number of amidine groups is 1. The maximum Gasteiger partial charge on any atom is 0.360 e. The van der Waals surface area contributed by atoms with Crippen molar-refractivity contribution in [2.75, 3.05) is 6.54 Å². The molecule has 3 N–H and O–H groups in total. The maximum atomic E-state index is 11.1. The van der Waals surface area contributed by atoms with E-state index in [0.717, 1.165) is 37.9 Å². The second-order valence-electron chi connectivity index (χ2n) is 5.31. The molecule has 2 atom stereocenters. The van der Waals surface area contributed by atoms with Gasteiger partial charge in [-0.2, -0.15) is 0 Å². The van der Waals surface area contributed by atoms with Gasteiger partial charge in [0.2, 0.25) is 5.84 Å². The molecule has 0 fully saturated rings. The van der Waals surface area contributed by atoms with Crippen LogP contribution in [0.25, 0.3) is 0 Å². The van der Waals surface area contributed by atoms with E-state index in [1.54, 1.807) is 12.4 Å². The van der Waals surface area contributed by atoms with Gasteiger partial charge in [0.1, 0.15) is 12.4 Å². The minimum Gasteiger partial charge on any atom is -0.477 e. The Bertz CT molecular complexity index is 402. The van der Waals surface area contributed by atoms with Gasteiger partial charge in [-0.15, -0.1) is 6.58 Å². The summed E-state index contributed by atoms with van der Waals surface area (Å²) in [7, 11) is 0. The molecule has 2 unspecified atom stereocenters. The molecule has 20 heavy (non-hydrogen) atoms. The van der Waals surface area contributed by atoms with Gasteiger partial charge in [0.25, 0.3) is 0 Å². The van der Waals surface area contributed by atoms with Crippen LogP contribution < -0.4 is 5.73 Å². The predicted molar refractivity (Wildman–Crippen MR) is 80.9 cm³/mol. The highest BCUT2D eigenvalue weighted by Gasteiger charge is 2.40. The third-order valence-electron chi connectivity index (χ3n) is 3.72. The SMILES string of the molecule is C=CCCCCCCC1=NC=C[N+]1(CC(=O)O)C(C)N. The van der Waals surface area contributed by atoms with Gasteiger partial charge in [-0.1, -0.05) is 18.9 Å². The van der Waals surface area contributed by atoms with Crippen LogP contribution >= 0.6 is 0 Å². The molecule has 5 nitrogen and oxygen atoms in total.